The second kappa shape index (κ2) is 8.69. The number of aryl methyl sites for hydroxylation is 1. The van der Waals surface area contributed by atoms with Gasteiger partial charge in [-0.15, -0.1) is 0 Å². The number of hydrogen-bond donors (Lipinski definition) is 2. The molecular weight excluding hydrogens is 356 g/mol. The van der Waals surface area contributed by atoms with E-state index in [-0.39, 0.29) is 5.91 Å². The van der Waals surface area contributed by atoms with E-state index in [1.165, 1.54) is 5.56 Å². The highest BCUT2D eigenvalue weighted by molar-refractivity contribution is 5.94. The molecule has 1 amide bonds. The molecule has 28 heavy (non-hydrogen) atoms. The van der Waals surface area contributed by atoms with Crippen molar-refractivity contribution in [3.8, 4) is 17.2 Å². The summed E-state index contributed by atoms with van der Waals surface area (Å²) in [6, 6.07) is 9.89. The Labute approximate surface area is 164 Å². The van der Waals surface area contributed by atoms with Crippen LogP contribution >= 0.6 is 0 Å². The van der Waals surface area contributed by atoms with Gasteiger partial charge < -0.3 is 24.5 Å². The quantitative estimate of drug-likeness (QED) is 0.626. The molecular formula is C22H26N2O4. The molecule has 2 N–H and O–H groups in total. The largest absolute Gasteiger partial charge is 0.493 e. The lowest BCUT2D eigenvalue weighted by atomic mass is 10.1. The van der Waals surface area contributed by atoms with Gasteiger partial charge in [-0.1, -0.05) is 29.8 Å². The molecule has 0 spiro atoms. The SMILES string of the molecule is COc1cc2[nH]cc(CCNC(=O)Cc3ccc(C)cc3)c2c(OC)c1OC. The Hall–Kier alpha value is -3.15. The molecule has 0 fully saturated rings. The smallest absolute Gasteiger partial charge is 0.224 e. The van der Waals surface area contributed by atoms with Crippen molar-refractivity contribution < 1.29 is 19.0 Å². The number of nitrogens with one attached hydrogen (secondary N) is 2. The third-order valence-corrected chi connectivity index (χ3v) is 4.75. The first-order valence-electron chi connectivity index (χ1n) is 9.18. The lowest BCUT2D eigenvalue weighted by Gasteiger charge is -2.14. The van der Waals surface area contributed by atoms with E-state index in [1.54, 1.807) is 21.3 Å². The summed E-state index contributed by atoms with van der Waals surface area (Å²) >= 11 is 0. The fourth-order valence-electron chi connectivity index (χ4n) is 3.31. The molecule has 0 saturated carbocycles. The second-order valence-electron chi connectivity index (χ2n) is 6.64. The molecule has 6 heteroatoms. The van der Waals surface area contributed by atoms with E-state index in [9.17, 15) is 4.79 Å². The van der Waals surface area contributed by atoms with Crippen LogP contribution in [-0.2, 0) is 17.6 Å². The molecule has 0 aliphatic heterocycles. The van der Waals surface area contributed by atoms with Gasteiger partial charge in [-0.25, -0.2) is 0 Å². The number of ether oxygens (including phenoxy) is 3. The monoisotopic (exact) mass is 382 g/mol. The van der Waals surface area contributed by atoms with Crippen molar-refractivity contribution in [2.24, 2.45) is 0 Å². The molecule has 0 saturated heterocycles. The minimum Gasteiger partial charge on any atom is -0.493 e. The Morgan fingerprint density at radius 3 is 2.39 bits per heavy atom. The van der Waals surface area contributed by atoms with Crippen molar-refractivity contribution >= 4 is 16.8 Å². The summed E-state index contributed by atoms with van der Waals surface area (Å²) in [4.78, 5) is 15.5. The maximum absolute atomic E-state index is 12.2. The van der Waals surface area contributed by atoms with Gasteiger partial charge in [0.25, 0.3) is 0 Å². The van der Waals surface area contributed by atoms with E-state index in [4.69, 9.17) is 14.2 Å². The van der Waals surface area contributed by atoms with Gasteiger partial charge in [-0.2, -0.15) is 0 Å². The van der Waals surface area contributed by atoms with Crippen LogP contribution in [0.4, 0.5) is 0 Å². The van der Waals surface area contributed by atoms with Gasteiger partial charge in [0.05, 0.1) is 33.3 Å². The van der Waals surface area contributed by atoms with E-state index >= 15 is 0 Å². The van der Waals surface area contributed by atoms with E-state index < -0.39 is 0 Å². The number of H-pyrrole nitrogens is 1. The van der Waals surface area contributed by atoms with E-state index in [0.717, 1.165) is 22.0 Å². The Balaban J connectivity index is 1.70. The summed E-state index contributed by atoms with van der Waals surface area (Å²) in [6.45, 7) is 2.57. The number of carbonyl (C=O) groups excluding carboxylic acids is 1. The zero-order chi connectivity index (χ0) is 20.1. The number of benzene rings is 2. The first kappa shape index (κ1) is 19.6. The highest BCUT2D eigenvalue weighted by Gasteiger charge is 2.19. The van der Waals surface area contributed by atoms with Crippen LogP contribution in [0.1, 0.15) is 16.7 Å². The molecule has 0 unspecified atom stereocenters. The summed E-state index contributed by atoms with van der Waals surface area (Å²) in [5.74, 6) is 1.79. The summed E-state index contributed by atoms with van der Waals surface area (Å²) in [6.07, 6.45) is 2.98. The van der Waals surface area contributed by atoms with Gasteiger partial charge in [0, 0.05) is 24.2 Å². The number of methoxy groups -OCH3 is 3. The molecule has 1 heterocycles. The van der Waals surface area contributed by atoms with Crippen LogP contribution in [0.5, 0.6) is 17.2 Å². The number of aromatic amines is 1. The number of fused-ring (bicyclic) bond motifs is 1. The van der Waals surface area contributed by atoms with Gasteiger partial charge in [-0.3, -0.25) is 4.79 Å². The van der Waals surface area contributed by atoms with Crippen LogP contribution in [0.2, 0.25) is 0 Å². The van der Waals surface area contributed by atoms with Gasteiger partial charge in [0.1, 0.15) is 0 Å². The zero-order valence-corrected chi connectivity index (χ0v) is 16.7. The predicted octanol–water partition coefficient (Wildman–Crippen LogP) is 3.40. The van der Waals surface area contributed by atoms with Crippen molar-refractivity contribution in [1.29, 1.82) is 0 Å². The maximum Gasteiger partial charge on any atom is 0.224 e. The summed E-state index contributed by atoms with van der Waals surface area (Å²) < 4.78 is 16.5. The molecule has 0 aliphatic rings. The van der Waals surface area contributed by atoms with Crippen molar-refractivity contribution in [3.05, 3.63) is 53.2 Å². The minimum atomic E-state index is 0.00918. The van der Waals surface area contributed by atoms with E-state index in [2.05, 4.69) is 10.3 Å². The molecule has 0 radical (unpaired) electrons. The highest BCUT2D eigenvalue weighted by Crippen LogP contribution is 2.44. The number of aromatic nitrogens is 1. The highest BCUT2D eigenvalue weighted by atomic mass is 16.5. The van der Waals surface area contributed by atoms with Crippen LogP contribution in [0.3, 0.4) is 0 Å². The molecule has 6 nitrogen and oxygen atoms in total. The van der Waals surface area contributed by atoms with Crippen molar-refractivity contribution in [2.75, 3.05) is 27.9 Å². The Kier molecular flexibility index (Phi) is 6.09. The van der Waals surface area contributed by atoms with E-state index in [1.807, 2.05) is 43.5 Å². The molecule has 0 bridgehead atoms. The summed E-state index contributed by atoms with van der Waals surface area (Å²) in [5, 5.41) is 3.93. The fraction of sp³-hybridized carbons (Fsp3) is 0.318. The van der Waals surface area contributed by atoms with Crippen molar-refractivity contribution in [1.82, 2.24) is 10.3 Å². The summed E-state index contributed by atoms with van der Waals surface area (Å²) in [7, 11) is 4.79. The number of amides is 1. The normalized spacial score (nSPS) is 10.7. The van der Waals surface area contributed by atoms with Gasteiger partial charge in [0.15, 0.2) is 11.5 Å². The average molecular weight is 382 g/mol. The van der Waals surface area contributed by atoms with Crippen LogP contribution in [0.15, 0.2) is 36.5 Å². The first-order valence-corrected chi connectivity index (χ1v) is 9.18. The second-order valence-corrected chi connectivity index (χ2v) is 6.64. The number of rotatable bonds is 8. The average Bonchev–Trinajstić information content (AvgIpc) is 3.10. The van der Waals surface area contributed by atoms with Gasteiger partial charge in [-0.05, 0) is 24.5 Å². The first-order chi connectivity index (χ1) is 13.6. The van der Waals surface area contributed by atoms with Crippen molar-refractivity contribution in [3.63, 3.8) is 0 Å². The predicted molar refractivity (Wildman–Crippen MR) is 110 cm³/mol. The molecule has 3 aromatic rings. The summed E-state index contributed by atoms with van der Waals surface area (Å²) in [5.41, 5.74) is 4.14. The molecule has 1 aromatic heterocycles. The Morgan fingerprint density at radius 1 is 1.04 bits per heavy atom. The third kappa shape index (κ3) is 4.06. The van der Waals surface area contributed by atoms with Gasteiger partial charge >= 0.3 is 0 Å². The molecule has 3 rings (SSSR count). The lowest BCUT2D eigenvalue weighted by molar-refractivity contribution is -0.120. The third-order valence-electron chi connectivity index (χ3n) is 4.75. The standard InChI is InChI=1S/C22H26N2O4/c1-14-5-7-15(8-6-14)11-19(25)23-10-9-16-13-24-17-12-18(26-2)21(27-3)22(28-4)20(16)17/h5-8,12-13,24H,9-11H2,1-4H3,(H,23,25). The Bertz CT molecular complexity index is 961. The zero-order valence-electron chi connectivity index (χ0n) is 16.7. The van der Waals surface area contributed by atoms with Crippen LogP contribution in [0, 0.1) is 6.92 Å². The molecule has 148 valence electrons. The van der Waals surface area contributed by atoms with Gasteiger partial charge in [0.2, 0.25) is 11.7 Å². The Morgan fingerprint density at radius 2 is 1.75 bits per heavy atom. The molecule has 2 aromatic carbocycles. The lowest BCUT2D eigenvalue weighted by Crippen LogP contribution is -2.27. The van der Waals surface area contributed by atoms with Crippen molar-refractivity contribution in [2.45, 2.75) is 19.8 Å². The molecule has 0 aliphatic carbocycles. The number of carbonyl (C=O) groups is 1. The van der Waals surface area contributed by atoms with Crippen LogP contribution in [0.25, 0.3) is 10.9 Å². The van der Waals surface area contributed by atoms with E-state index in [0.29, 0.717) is 36.6 Å². The fourth-order valence-corrected chi connectivity index (χ4v) is 3.31. The van der Waals surface area contributed by atoms with Crippen LogP contribution < -0.4 is 19.5 Å². The topological polar surface area (TPSA) is 72.6 Å². The maximum atomic E-state index is 12.2. The van der Waals surface area contributed by atoms with Crippen LogP contribution in [-0.4, -0.2) is 38.8 Å². The number of hydrogen-bond acceptors (Lipinski definition) is 4. The molecule has 0 atom stereocenters. The minimum absolute atomic E-state index is 0.00918.